The van der Waals surface area contributed by atoms with Gasteiger partial charge in [0.25, 0.3) is 0 Å². The molecule has 1 aliphatic rings. The van der Waals surface area contributed by atoms with Crippen molar-refractivity contribution in [3.8, 4) is 0 Å². The summed E-state index contributed by atoms with van der Waals surface area (Å²) in [5, 5.41) is 10.6. The number of benzene rings is 1. The summed E-state index contributed by atoms with van der Waals surface area (Å²) in [6.45, 7) is 10.9. The monoisotopic (exact) mass is 335 g/mol. The summed E-state index contributed by atoms with van der Waals surface area (Å²) in [5.41, 5.74) is 2.76. The molecule has 0 aromatic heterocycles. The summed E-state index contributed by atoms with van der Waals surface area (Å²) in [5.74, 6) is 0. The molecule has 1 fully saturated rings. The maximum absolute atomic E-state index is 9.77. The lowest BCUT2D eigenvalue weighted by molar-refractivity contribution is 0.0645. The molecule has 1 atom stereocenters. The van der Waals surface area contributed by atoms with E-state index in [1.165, 1.54) is 11.1 Å². The predicted molar refractivity (Wildman–Crippen MR) is 99.1 cm³/mol. The molecule has 3 heteroatoms. The molecule has 0 amide bonds. The average molecular weight is 336 g/mol. The number of rotatable bonds is 5. The third-order valence-electron chi connectivity index (χ3n) is 4.84. The van der Waals surface area contributed by atoms with Crippen LogP contribution in [0.3, 0.4) is 0 Å². The molecular formula is C20H30ClNO. The zero-order chi connectivity index (χ0) is 17.0. The smallest absolute Gasteiger partial charge is 0.0564 e. The van der Waals surface area contributed by atoms with Crippen LogP contribution in [0.5, 0.6) is 0 Å². The van der Waals surface area contributed by atoms with Crippen LogP contribution in [0.2, 0.25) is 5.02 Å². The van der Waals surface area contributed by atoms with Crippen molar-refractivity contribution in [1.82, 2.24) is 4.90 Å². The van der Waals surface area contributed by atoms with Crippen molar-refractivity contribution in [2.75, 3.05) is 13.1 Å². The first-order valence-electron chi connectivity index (χ1n) is 8.61. The highest BCUT2D eigenvalue weighted by atomic mass is 35.5. The first kappa shape index (κ1) is 18.5. The van der Waals surface area contributed by atoms with Crippen LogP contribution in [0, 0.1) is 0 Å². The van der Waals surface area contributed by atoms with Crippen LogP contribution < -0.4 is 0 Å². The summed E-state index contributed by atoms with van der Waals surface area (Å²) < 4.78 is 0. The summed E-state index contributed by atoms with van der Waals surface area (Å²) >= 11 is 6.03. The summed E-state index contributed by atoms with van der Waals surface area (Å²) in [7, 11) is 0. The molecule has 1 saturated heterocycles. The predicted octanol–water partition coefficient (Wildman–Crippen LogP) is 4.80. The van der Waals surface area contributed by atoms with E-state index >= 15 is 0 Å². The topological polar surface area (TPSA) is 23.5 Å². The number of likely N-dealkylation sites (tertiary alicyclic amines) is 1. The van der Waals surface area contributed by atoms with Gasteiger partial charge in [0.2, 0.25) is 0 Å². The van der Waals surface area contributed by atoms with Crippen LogP contribution in [0.15, 0.2) is 35.9 Å². The lowest BCUT2D eigenvalue weighted by Crippen LogP contribution is -2.44. The Labute approximate surface area is 146 Å². The second kappa shape index (κ2) is 7.83. The SMILES string of the molecule is CC(C)=CC(CC(C)(C)c1ccc(Cl)cc1)N1CCC(O)CC1. The largest absolute Gasteiger partial charge is 0.393 e. The Morgan fingerprint density at radius 2 is 1.83 bits per heavy atom. The Kier molecular flexibility index (Phi) is 6.30. The molecule has 1 N–H and O–H groups in total. The van der Waals surface area contributed by atoms with Crippen LogP contribution in [0.4, 0.5) is 0 Å². The van der Waals surface area contributed by atoms with Crippen LogP contribution >= 0.6 is 11.6 Å². The summed E-state index contributed by atoms with van der Waals surface area (Å²) in [4.78, 5) is 2.53. The van der Waals surface area contributed by atoms with Crippen molar-refractivity contribution >= 4 is 11.6 Å². The molecule has 0 saturated carbocycles. The number of nitrogens with zero attached hydrogens (tertiary/aromatic N) is 1. The van der Waals surface area contributed by atoms with Gasteiger partial charge >= 0.3 is 0 Å². The van der Waals surface area contributed by atoms with Gasteiger partial charge in [-0.3, -0.25) is 4.90 Å². The quantitative estimate of drug-likeness (QED) is 0.781. The second-order valence-electron chi connectivity index (χ2n) is 7.67. The fourth-order valence-electron chi connectivity index (χ4n) is 3.44. The van der Waals surface area contributed by atoms with Gasteiger partial charge in [-0.2, -0.15) is 0 Å². The molecule has 23 heavy (non-hydrogen) atoms. The van der Waals surface area contributed by atoms with E-state index in [0.717, 1.165) is 37.4 Å². The van der Waals surface area contributed by atoms with Crippen LogP contribution in [0.25, 0.3) is 0 Å². The highest BCUT2D eigenvalue weighted by Crippen LogP contribution is 2.32. The minimum Gasteiger partial charge on any atom is -0.393 e. The third-order valence-corrected chi connectivity index (χ3v) is 5.09. The van der Waals surface area contributed by atoms with Gasteiger partial charge in [0, 0.05) is 24.2 Å². The van der Waals surface area contributed by atoms with Crippen LogP contribution in [-0.4, -0.2) is 35.2 Å². The van der Waals surface area contributed by atoms with Crippen LogP contribution in [0.1, 0.15) is 52.5 Å². The Morgan fingerprint density at radius 3 is 2.35 bits per heavy atom. The molecule has 0 bridgehead atoms. The second-order valence-corrected chi connectivity index (χ2v) is 8.11. The molecule has 128 valence electrons. The number of hydrogen-bond donors (Lipinski definition) is 1. The minimum absolute atomic E-state index is 0.0806. The highest BCUT2D eigenvalue weighted by Gasteiger charge is 2.29. The molecule has 1 unspecified atom stereocenters. The van der Waals surface area contributed by atoms with Crippen molar-refractivity contribution < 1.29 is 5.11 Å². The standard InChI is InChI=1S/C20H30ClNO/c1-15(2)13-18(22-11-9-19(23)10-12-22)14-20(3,4)16-5-7-17(21)8-6-16/h5-8,13,18-19,23H,9-12,14H2,1-4H3. The zero-order valence-corrected chi connectivity index (χ0v) is 15.6. The molecule has 1 aromatic rings. The fourth-order valence-corrected chi connectivity index (χ4v) is 3.56. The molecule has 1 aliphatic heterocycles. The Bertz CT molecular complexity index is 523. The van der Waals surface area contributed by atoms with Gasteiger partial charge in [0.05, 0.1) is 6.10 Å². The van der Waals surface area contributed by atoms with Crippen LogP contribution in [-0.2, 0) is 5.41 Å². The van der Waals surface area contributed by atoms with E-state index < -0.39 is 0 Å². The molecule has 2 nitrogen and oxygen atoms in total. The lowest BCUT2D eigenvalue weighted by Gasteiger charge is -2.39. The maximum Gasteiger partial charge on any atom is 0.0564 e. The van der Waals surface area contributed by atoms with Gasteiger partial charge in [-0.05, 0) is 56.2 Å². The number of allylic oxidation sites excluding steroid dienone is 1. The van der Waals surface area contributed by atoms with Crippen molar-refractivity contribution in [3.05, 3.63) is 46.5 Å². The molecule has 0 spiro atoms. The number of halogens is 1. The van der Waals surface area contributed by atoms with Crippen molar-refractivity contribution in [2.24, 2.45) is 0 Å². The van der Waals surface area contributed by atoms with E-state index in [2.05, 4.69) is 50.8 Å². The number of aliphatic hydroxyl groups excluding tert-OH is 1. The van der Waals surface area contributed by atoms with E-state index in [4.69, 9.17) is 11.6 Å². The van der Waals surface area contributed by atoms with Gasteiger partial charge in [0.1, 0.15) is 0 Å². The average Bonchev–Trinajstić information content (AvgIpc) is 2.47. The van der Waals surface area contributed by atoms with Gasteiger partial charge in [0.15, 0.2) is 0 Å². The van der Waals surface area contributed by atoms with E-state index in [1.807, 2.05) is 12.1 Å². The number of hydrogen-bond acceptors (Lipinski definition) is 2. The summed E-state index contributed by atoms with van der Waals surface area (Å²) in [6, 6.07) is 8.65. The van der Waals surface area contributed by atoms with E-state index in [9.17, 15) is 5.11 Å². The van der Waals surface area contributed by atoms with E-state index in [-0.39, 0.29) is 11.5 Å². The molecule has 0 aliphatic carbocycles. The van der Waals surface area contributed by atoms with Crippen molar-refractivity contribution in [3.63, 3.8) is 0 Å². The van der Waals surface area contributed by atoms with Crippen molar-refractivity contribution in [1.29, 1.82) is 0 Å². The van der Waals surface area contributed by atoms with E-state index in [0.29, 0.717) is 6.04 Å². The molecule has 1 aromatic carbocycles. The third kappa shape index (κ3) is 5.34. The Balaban J connectivity index is 2.16. The number of piperidine rings is 1. The molecular weight excluding hydrogens is 306 g/mol. The first-order chi connectivity index (χ1) is 10.8. The summed E-state index contributed by atoms with van der Waals surface area (Å²) in [6.07, 6.45) is 5.09. The first-order valence-corrected chi connectivity index (χ1v) is 8.99. The Hall–Kier alpha value is -0.830. The molecule has 0 radical (unpaired) electrons. The Morgan fingerprint density at radius 1 is 1.26 bits per heavy atom. The lowest BCUT2D eigenvalue weighted by atomic mass is 9.78. The molecule has 1 heterocycles. The highest BCUT2D eigenvalue weighted by molar-refractivity contribution is 6.30. The van der Waals surface area contributed by atoms with Gasteiger partial charge in [-0.1, -0.05) is 49.2 Å². The van der Waals surface area contributed by atoms with Gasteiger partial charge < -0.3 is 5.11 Å². The van der Waals surface area contributed by atoms with E-state index in [1.54, 1.807) is 0 Å². The van der Waals surface area contributed by atoms with Gasteiger partial charge in [-0.25, -0.2) is 0 Å². The molecule has 2 rings (SSSR count). The minimum atomic E-state index is -0.122. The van der Waals surface area contributed by atoms with Crippen molar-refractivity contribution in [2.45, 2.75) is 64.5 Å². The zero-order valence-electron chi connectivity index (χ0n) is 14.8. The normalized spacial score (nSPS) is 18.7. The maximum atomic E-state index is 9.77. The van der Waals surface area contributed by atoms with Gasteiger partial charge in [-0.15, -0.1) is 0 Å². The number of aliphatic hydroxyl groups is 1. The fraction of sp³-hybridized carbons (Fsp3) is 0.600.